The number of carbonyl (C=O) groups excluding carboxylic acids is 1. The molecule has 0 aromatic heterocycles. The van der Waals surface area contributed by atoms with Gasteiger partial charge in [0.2, 0.25) is 5.91 Å². The van der Waals surface area contributed by atoms with Gasteiger partial charge >= 0.3 is 0 Å². The summed E-state index contributed by atoms with van der Waals surface area (Å²) >= 11 is 0. The number of fused-ring (bicyclic) bond motifs is 1. The fourth-order valence-corrected chi connectivity index (χ4v) is 3.20. The van der Waals surface area contributed by atoms with Crippen molar-refractivity contribution in [1.29, 1.82) is 0 Å². The lowest BCUT2D eigenvalue weighted by molar-refractivity contribution is -0.117. The maximum Gasteiger partial charge on any atom is 0.231 e. The molecule has 1 aliphatic heterocycles. The van der Waals surface area contributed by atoms with E-state index in [0.717, 1.165) is 18.7 Å². The minimum atomic E-state index is 0.194. The molecule has 1 saturated carbocycles. The van der Waals surface area contributed by atoms with Gasteiger partial charge in [0.25, 0.3) is 0 Å². The lowest BCUT2D eigenvalue weighted by Gasteiger charge is -2.41. The van der Waals surface area contributed by atoms with E-state index >= 15 is 0 Å². The van der Waals surface area contributed by atoms with E-state index in [2.05, 4.69) is 18.2 Å². The first-order valence-electron chi connectivity index (χ1n) is 6.72. The molecule has 0 atom stereocenters. The van der Waals surface area contributed by atoms with Crippen molar-refractivity contribution in [3.05, 3.63) is 29.3 Å². The lowest BCUT2D eigenvalue weighted by atomic mass is 9.65. The van der Waals surface area contributed by atoms with Crippen LogP contribution in [0, 0.1) is 5.41 Å². The number of hydrogen-bond acceptors (Lipinski definition) is 2. The molecule has 0 saturated heterocycles. The van der Waals surface area contributed by atoms with Gasteiger partial charge in [-0.2, -0.15) is 0 Å². The van der Waals surface area contributed by atoms with Crippen LogP contribution in [-0.2, 0) is 17.6 Å². The Labute approximate surface area is 108 Å². The van der Waals surface area contributed by atoms with Crippen LogP contribution in [0.2, 0.25) is 0 Å². The van der Waals surface area contributed by atoms with Crippen molar-refractivity contribution in [2.24, 2.45) is 11.1 Å². The van der Waals surface area contributed by atoms with Gasteiger partial charge in [-0.05, 0) is 48.4 Å². The van der Waals surface area contributed by atoms with E-state index in [1.165, 1.54) is 30.4 Å². The highest BCUT2D eigenvalue weighted by atomic mass is 16.2. The standard InChI is InChI=1S/C15H20N2O/c1-17-13-4-3-11(7-12(13)8-14(17)18)9-15(10-16)5-2-6-15/h3-4,7H,2,5-6,8-10,16H2,1H3. The molecule has 0 unspecified atom stereocenters. The van der Waals surface area contributed by atoms with Crippen molar-refractivity contribution in [3.8, 4) is 0 Å². The van der Waals surface area contributed by atoms with Gasteiger partial charge in [0, 0.05) is 12.7 Å². The molecule has 2 aliphatic rings. The predicted molar refractivity (Wildman–Crippen MR) is 72.6 cm³/mol. The van der Waals surface area contributed by atoms with Crippen molar-refractivity contribution in [1.82, 2.24) is 0 Å². The van der Waals surface area contributed by atoms with E-state index < -0.39 is 0 Å². The number of benzene rings is 1. The van der Waals surface area contributed by atoms with Gasteiger partial charge in [0.15, 0.2) is 0 Å². The van der Waals surface area contributed by atoms with Gasteiger partial charge in [-0.3, -0.25) is 4.79 Å². The van der Waals surface area contributed by atoms with Crippen molar-refractivity contribution in [2.45, 2.75) is 32.1 Å². The maximum absolute atomic E-state index is 11.7. The molecular weight excluding hydrogens is 224 g/mol. The Kier molecular flexibility index (Phi) is 2.67. The highest BCUT2D eigenvalue weighted by molar-refractivity contribution is 6.00. The fourth-order valence-electron chi connectivity index (χ4n) is 3.20. The second kappa shape index (κ2) is 4.09. The van der Waals surface area contributed by atoms with Gasteiger partial charge in [0.05, 0.1) is 6.42 Å². The highest BCUT2D eigenvalue weighted by Crippen LogP contribution is 2.43. The molecule has 96 valence electrons. The van der Waals surface area contributed by atoms with E-state index in [4.69, 9.17) is 5.73 Å². The topological polar surface area (TPSA) is 46.3 Å². The van der Waals surface area contributed by atoms with E-state index in [1.54, 1.807) is 4.90 Å². The molecule has 1 aliphatic carbocycles. The first kappa shape index (κ1) is 11.7. The SMILES string of the molecule is CN1C(=O)Cc2cc(CC3(CN)CCC3)ccc21. The zero-order valence-corrected chi connectivity index (χ0v) is 10.9. The minimum Gasteiger partial charge on any atom is -0.330 e. The van der Waals surface area contributed by atoms with Crippen LogP contribution in [-0.4, -0.2) is 19.5 Å². The maximum atomic E-state index is 11.7. The fraction of sp³-hybridized carbons (Fsp3) is 0.533. The molecule has 0 spiro atoms. The van der Waals surface area contributed by atoms with Crippen LogP contribution in [0.15, 0.2) is 18.2 Å². The van der Waals surface area contributed by atoms with Crippen molar-refractivity contribution in [2.75, 3.05) is 18.5 Å². The number of amides is 1. The third-order valence-electron chi connectivity index (χ3n) is 4.65. The second-order valence-electron chi connectivity index (χ2n) is 5.83. The van der Waals surface area contributed by atoms with Crippen LogP contribution in [0.5, 0.6) is 0 Å². The molecule has 0 bridgehead atoms. The summed E-state index contributed by atoms with van der Waals surface area (Å²) in [6.07, 6.45) is 5.42. The summed E-state index contributed by atoms with van der Waals surface area (Å²) in [5.41, 5.74) is 9.82. The zero-order valence-electron chi connectivity index (χ0n) is 10.9. The number of likely N-dealkylation sites (N-methyl/N-ethyl adjacent to an activating group) is 1. The third-order valence-corrected chi connectivity index (χ3v) is 4.65. The number of nitrogens with zero attached hydrogens (tertiary/aromatic N) is 1. The first-order valence-corrected chi connectivity index (χ1v) is 6.72. The van der Waals surface area contributed by atoms with Crippen molar-refractivity contribution >= 4 is 11.6 Å². The molecule has 1 amide bonds. The first-order chi connectivity index (χ1) is 8.63. The van der Waals surface area contributed by atoms with Gasteiger partial charge in [-0.25, -0.2) is 0 Å². The summed E-state index contributed by atoms with van der Waals surface area (Å²) < 4.78 is 0. The Balaban J connectivity index is 1.84. The summed E-state index contributed by atoms with van der Waals surface area (Å²) in [6.45, 7) is 0.781. The summed E-state index contributed by atoms with van der Waals surface area (Å²) in [6, 6.07) is 6.44. The van der Waals surface area contributed by atoms with Crippen LogP contribution in [0.3, 0.4) is 0 Å². The van der Waals surface area contributed by atoms with E-state index in [9.17, 15) is 4.79 Å². The number of hydrogen-bond donors (Lipinski definition) is 1. The number of carbonyl (C=O) groups is 1. The quantitative estimate of drug-likeness (QED) is 0.882. The summed E-state index contributed by atoms with van der Waals surface area (Å²) in [5, 5.41) is 0. The second-order valence-corrected chi connectivity index (χ2v) is 5.83. The molecule has 18 heavy (non-hydrogen) atoms. The number of nitrogens with two attached hydrogens (primary N) is 1. The van der Waals surface area contributed by atoms with Crippen LogP contribution in [0.25, 0.3) is 0 Å². The van der Waals surface area contributed by atoms with E-state index in [1.807, 2.05) is 7.05 Å². The highest BCUT2D eigenvalue weighted by Gasteiger charge is 2.35. The zero-order chi connectivity index (χ0) is 12.8. The molecule has 3 rings (SSSR count). The van der Waals surface area contributed by atoms with Crippen LogP contribution >= 0.6 is 0 Å². The van der Waals surface area contributed by atoms with Crippen LogP contribution in [0.4, 0.5) is 5.69 Å². The molecule has 1 aromatic carbocycles. The third kappa shape index (κ3) is 1.74. The lowest BCUT2D eigenvalue weighted by Crippen LogP contribution is -2.39. The normalized spacial score (nSPS) is 20.8. The van der Waals surface area contributed by atoms with E-state index in [0.29, 0.717) is 11.8 Å². The minimum absolute atomic E-state index is 0.194. The molecule has 2 N–H and O–H groups in total. The average molecular weight is 244 g/mol. The summed E-state index contributed by atoms with van der Waals surface area (Å²) in [7, 11) is 1.85. The Morgan fingerprint density at radius 1 is 1.39 bits per heavy atom. The predicted octanol–water partition coefficient (Wildman–Crippen LogP) is 1.88. The molecule has 0 radical (unpaired) electrons. The molecule has 1 aromatic rings. The Bertz CT molecular complexity index is 486. The van der Waals surface area contributed by atoms with Gasteiger partial charge in [-0.1, -0.05) is 18.6 Å². The van der Waals surface area contributed by atoms with E-state index in [-0.39, 0.29) is 5.91 Å². The van der Waals surface area contributed by atoms with Gasteiger partial charge in [-0.15, -0.1) is 0 Å². The summed E-state index contributed by atoms with van der Waals surface area (Å²) in [5.74, 6) is 0.194. The molecule has 1 heterocycles. The Morgan fingerprint density at radius 3 is 2.78 bits per heavy atom. The average Bonchev–Trinajstić information content (AvgIpc) is 2.60. The Morgan fingerprint density at radius 2 is 2.17 bits per heavy atom. The van der Waals surface area contributed by atoms with Crippen molar-refractivity contribution < 1.29 is 4.79 Å². The molecule has 1 fully saturated rings. The summed E-state index contributed by atoms with van der Waals surface area (Å²) in [4.78, 5) is 13.4. The Hall–Kier alpha value is -1.35. The van der Waals surface area contributed by atoms with Crippen molar-refractivity contribution in [3.63, 3.8) is 0 Å². The number of rotatable bonds is 3. The number of anilines is 1. The van der Waals surface area contributed by atoms with Gasteiger partial charge in [0.1, 0.15) is 0 Å². The monoisotopic (exact) mass is 244 g/mol. The largest absolute Gasteiger partial charge is 0.330 e. The molecule has 3 heteroatoms. The smallest absolute Gasteiger partial charge is 0.231 e. The van der Waals surface area contributed by atoms with Crippen LogP contribution in [0.1, 0.15) is 30.4 Å². The van der Waals surface area contributed by atoms with Gasteiger partial charge < -0.3 is 10.6 Å². The molecule has 3 nitrogen and oxygen atoms in total. The van der Waals surface area contributed by atoms with Crippen LogP contribution < -0.4 is 10.6 Å². The molecular formula is C15H20N2O.